The number of urea groups is 1. The van der Waals surface area contributed by atoms with Gasteiger partial charge in [0.15, 0.2) is 0 Å². The Morgan fingerprint density at radius 2 is 1.95 bits per heavy atom. The molecule has 1 heterocycles. The van der Waals surface area contributed by atoms with Gasteiger partial charge in [-0.15, -0.1) is 0 Å². The predicted octanol–water partition coefficient (Wildman–Crippen LogP) is 1.79. The molecule has 21 heavy (non-hydrogen) atoms. The normalized spacial score (nSPS) is 10.0. The van der Waals surface area contributed by atoms with Crippen molar-refractivity contribution in [3.05, 3.63) is 53.6 Å². The molecule has 6 nitrogen and oxygen atoms in total. The number of para-hydroxylation sites is 1. The van der Waals surface area contributed by atoms with Gasteiger partial charge in [0.05, 0.1) is 19.3 Å². The van der Waals surface area contributed by atoms with E-state index in [1.807, 2.05) is 31.2 Å². The molecule has 0 aliphatic carbocycles. The first-order valence-electron chi connectivity index (χ1n) is 6.61. The van der Waals surface area contributed by atoms with E-state index in [1.165, 1.54) is 0 Å². The Balaban J connectivity index is 1.82. The monoisotopic (exact) mass is 286 g/mol. The molecule has 2 N–H and O–H groups in total. The molecule has 2 rings (SSSR count). The first-order valence-corrected chi connectivity index (χ1v) is 6.61. The van der Waals surface area contributed by atoms with Crippen molar-refractivity contribution in [3.63, 3.8) is 0 Å². The molecule has 0 spiro atoms. The number of ether oxygens (including phenoxy) is 1. The summed E-state index contributed by atoms with van der Waals surface area (Å²) in [5.41, 5.74) is 1.70. The van der Waals surface area contributed by atoms with Crippen LogP contribution in [0.25, 0.3) is 0 Å². The van der Waals surface area contributed by atoms with Gasteiger partial charge < -0.3 is 15.4 Å². The van der Waals surface area contributed by atoms with Crippen molar-refractivity contribution < 1.29 is 9.53 Å². The molecule has 2 aromatic rings. The van der Waals surface area contributed by atoms with Crippen molar-refractivity contribution in [2.75, 3.05) is 7.11 Å². The average molecular weight is 286 g/mol. The molecule has 1 aromatic carbocycles. The van der Waals surface area contributed by atoms with Crippen LogP contribution in [0.3, 0.4) is 0 Å². The standard InChI is InChI=1S/C15H18N4O2/c1-11-16-8-7-13(19-11)10-18-15(20)17-9-12-5-3-4-6-14(12)21-2/h3-8H,9-10H2,1-2H3,(H2,17,18,20). The Hall–Kier alpha value is -2.63. The zero-order chi connectivity index (χ0) is 15.1. The van der Waals surface area contributed by atoms with E-state index in [2.05, 4.69) is 20.6 Å². The third-order valence-electron chi connectivity index (χ3n) is 2.90. The van der Waals surface area contributed by atoms with Crippen LogP contribution < -0.4 is 15.4 Å². The van der Waals surface area contributed by atoms with Crippen LogP contribution in [0.15, 0.2) is 36.5 Å². The van der Waals surface area contributed by atoms with Crippen LogP contribution in [-0.4, -0.2) is 23.1 Å². The second kappa shape index (κ2) is 7.23. The maximum absolute atomic E-state index is 11.8. The van der Waals surface area contributed by atoms with E-state index in [0.717, 1.165) is 17.0 Å². The topological polar surface area (TPSA) is 76.1 Å². The molecule has 0 fully saturated rings. The Morgan fingerprint density at radius 3 is 2.71 bits per heavy atom. The Kier molecular flexibility index (Phi) is 5.09. The van der Waals surface area contributed by atoms with Crippen molar-refractivity contribution in [2.24, 2.45) is 0 Å². The molecular weight excluding hydrogens is 268 g/mol. The summed E-state index contributed by atoms with van der Waals surface area (Å²) in [6.07, 6.45) is 1.67. The molecule has 1 aromatic heterocycles. The van der Waals surface area contributed by atoms with Gasteiger partial charge >= 0.3 is 6.03 Å². The molecule has 0 radical (unpaired) electrons. The summed E-state index contributed by atoms with van der Waals surface area (Å²) in [4.78, 5) is 20.0. The summed E-state index contributed by atoms with van der Waals surface area (Å²) in [6, 6.07) is 9.08. The molecule has 0 aliphatic rings. The number of aromatic nitrogens is 2. The molecule has 0 unspecified atom stereocenters. The lowest BCUT2D eigenvalue weighted by atomic mass is 10.2. The van der Waals surface area contributed by atoms with Crippen LogP contribution in [-0.2, 0) is 13.1 Å². The van der Waals surface area contributed by atoms with Crippen molar-refractivity contribution in [1.82, 2.24) is 20.6 Å². The summed E-state index contributed by atoms with van der Waals surface area (Å²) >= 11 is 0. The number of carbonyl (C=O) groups is 1. The second-order valence-electron chi connectivity index (χ2n) is 4.44. The number of nitrogens with zero attached hydrogens (tertiary/aromatic N) is 2. The minimum atomic E-state index is -0.253. The van der Waals surface area contributed by atoms with Gasteiger partial charge in [0, 0.05) is 18.3 Å². The van der Waals surface area contributed by atoms with Gasteiger partial charge in [-0.1, -0.05) is 18.2 Å². The summed E-state index contributed by atoms with van der Waals surface area (Å²) in [5, 5.41) is 5.54. The molecule has 0 bridgehead atoms. The molecule has 2 amide bonds. The minimum absolute atomic E-state index is 0.253. The zero-order valence-electron chi connectivity index (χ0n) is 12.1. The highest BCUT2D eigenvalue weighted by Crippen LogP contribution is 2.16. The van der Waals surface area contributed by atoms with E-state index >= 15 is 0 Å². The van der Waals surface area contributed by atoms with Crippen molar-refractivity contribution in [1.29, 1.82) is 0 Å². The number of rotatable bonds is 5. The molecular formula is C15H18N4O2. The van der Waals surface area contributed by atoms with E-state index in [-0.39, 0.29) is 6.03 Å². The van der Waals surface area contributed by atoms with Gasteiger partial charge in [0.25, 0.3) is 0 Å². The number of hydrogen-bond donors (Lipinski definition) is 2. The van der Waals surface area contributed by atoms with Crippen molar-refractivity contribution in [3.8, 4) is 5.75 Å². The highest BCUT2D eigenvalue weighted by Gasteiger charge is 2.05. The highest BCUT2D eigenvalue weighted by molar-refractivity contribution is 5.73. The number of aryl methyl sites for hydroxylation is 1. The molecule has 0 saturated heterocycles. The SMILES string of the molecule is COc1ccccc1CNC(=O)NCc1ccnc(C)n1. The maximum atomic E-state index is 11.8. The number of carbonyl (C=O) groups excluding carboxylic acids is 1. The third kappa shape index (κ3) is 4.45. The summed E-state index contributed by atoms with van der Waals surface area (Å²) in [7, 11) is 1.61. The van der Waals surface area contributed by atoms with Crippen molar-refractivity contribution in [2.45, 2.75) is 20.0 Å². The first kappa shape index (κ1) is 14.8. The van der Waals surface area contributed by atoms with Crippen LogP contribution in [0, 0.1) is 6.92 Å². The smallest absolute Gasteiger partial charge is 0.315 e. The third-order valence-corrected chi connectivity index (χ3v) is 2.90. The average Bonchev–Trinajstić information content (AvgIpc) is 2.51. The lowest BCUT2D eigenvalue weighted by molar-refractivity contribution is 0.240. The number of nitrogens with one attached hydrogen (secondary N) is 2. The predicted molar refractivity (Wildman–Crippen MR) is 78.8 cm³/mol. The Bertz CT molecular complexity index is 616. The molecule has 0 aliphatic heterocycles. The number of hydrogen-bond acceptors (Lipinski definition) is 4. The van der Waals surface area contributed by atoms with Gasteiger partial charge in [-0.2, -0.15) is 0 Å². The molecule has 0 saturated carbocycles. The van der Waals surface area contributed by atoms with Gasteiger partial charge in [-0.25, -0.2) is 14.8 Å². The molecule has 110 valence electrons. The van der Waals surface area contributed by atoms with E-state index in [9.17, 15) is 4.79 Å². The zero-order valence-corrected chi connectivity index (χ0v) is 12.1. The van der Waals surface area contributed by atoms with Crippen LogP contribution in [0.1, 0.15) is 17.1 Å². The fraction of sp³-hybridized carbons (Fsp3) is 0.267. The maximum Gasteiger partial charge on any atom is 0.315 e. The van der Waals surface area contributed by atoms with Crippen LogP contribution in [0.4, 0.5) is 4.79 Å². The van der Waals surface area contributed by atoms with E-state index in [0.29, 0.717) is 18.9 Å². The summed E-state index contributed by atoms with van der Waals surface area (Å²) < 4.78 is 5.23. The van der Waals surface area contributed by atoms with Gasteiger partial charge in [0.2, 0.25) is 0 Å². The van der Waals surface area contributed by atoms with E-state index < -0.39 is 0 Å². The summed E-state index contributed by atoms with van der Waals surface area (Å²) in [6.45, 7) is 2.57. The van der Waals surface area contributed by atoms with Gasteiger partial charge in [-0.05, 0) is 19.1 Å². The van der Waals surface area contributed by atoms with Crippen LogP contribution in [0.2, 0.25) is 0 Å². The second-order valence-corrected chi connectivity index (χ2v) is 4.44. The Morgan fingerprint density at radius 1 is 1.19 bits per heavy atom. The fourth-order valence-corrected chi connectivity index (χ4v) is 1.86. The van der Waals surface area contributed by atoms with Crippen molar-refractivity contribution >= 4 is 6.03 Å². The van der Waals surface area contributed by atoms with Gasteiger partial charge in [0.1, 0.15) is 11.6 Å². The van der Waals surface area contributed by atoms with E-state index in [4.69, 9.17) is 4.74 Å². The first-order chi connectivity index (χ1) is 10.2. The Labute approximate surface area is 123 Å². The lowest BCUT2D eigenvalue weighted by Gasteiger charge is -2.10. The quantitative estimate of drug-likeness (QED) is 0.878. The van der Waals surface area contributed by atoms with Crippen LogP contribution in [0.5, 0.6) is 5.75 Å². The molecule has 6 heteroatoms. The number of benzene rings is 1. The number of amides is 2. The lowest BCUT2D eigenvalue weighted by Crippen LogP contribution is -2.34. The highest BCUT2D eigenvalue weighted by atomic mass is 16.5. The molecule has 0 atom stereocenters. The number of methoxy groups -OCH3 is 1. The minimum Gasteiger partial charge on any atom is -0.496 e. The van der Waals surface area contributed by atoms with Crippen LogP contribution >= 0.6 is 0 Å². The van der Waals surface area contributed by atoms with E-state index in [1.54, 1.807) is 19.4 Å². The summed E-state index contributed by atoms with van der Waals surface area (Å²) in [5.74, 6) is 1.44. The largest absolute Gasteiger partial charge is 0.496 e. The fourth-order valence-electron chi connectivity index (χ4n) is 1.86. The van der Waals surface area contributed by atoms with Gasteiger partial charge in [-0.3, -0.25) is 0 Å².